The van der Waals surface area contributed by atoms with Crippen LogP contribution in [0.15, 0.2) is 12.4 Å². The van der Waals surface area contributed by atoms with E-state index in [1.807, 2.05) is 14.1 Å². The molecule has 0 saturated carbocycles. The Morgan fingerprint density at radius 3 is 2.50 bits per heavy atom. The van der Waals surface area contributed by atoms with Crippen molar-refractivity contribution in [2.24, 2.45) is 5.92 Å². The van der Waals surface area contributed by atoms with Crippen molar-refractivity contribution < 1.29 is 9.90 Å². The molecule has 1 rings (SSSR count). The van der Waals surface area contributed by atoms with Crippen molar-refractivity contribution in [2.45, 2.75) is 19.9 Å². The van der Waals surface area contributed by atoms with Crippen LogP contribution in [0.4, 0.5) is 5.82 Å². The molecular formula is C12H20N4O2. The minimum absolute atomic E-state index is 0.0399. The number of aromatic carboxylic acids is 1. The molecule has 0 aliphatic rings. The molecule has 1 aromatic heterocycles. The summed E-state index contributed by atoms with van der Waals surface area (Å²) >= 11 is 0. The number of rotatable bonds is 6. The number of hydrogen-bond donors (Lipinski definition) is 2. The van der Waals surface area contributed by atoms with Crippen LogP contribution < -0.4 is 5.32 Å². The van der Waals surface area contributed by atoms with Crippen molar-refractivity contribution in [3.8, 4) is 0 Å². The van der Waals surface area contributed by atoms with Gasteiger partial charge in [-0.3, -0.25) is 0 Å². The van der Waals surface area contributed by atoms with E-state index in [0.717, 1.165) is 6.54 Å². The van der Waals surface area contributed by atoms with Gasteiger partial charge < -0.3 is 15.3 Å². The predicted octanol–water partition coefficient (Wildman–Crippen LogP) is 1.17. The van der Waals surface area contributed by atoms with Crippen molar-refractivity contribution in [3.05, 3.63) is 18.1 Å². The standard InChI is InChI=1S/C12H20N4O2/c1-8(2)9(7-16(3)4)15-11-10(12(17)18)13-5-6-14-11/h5-6,8-9H,7H2,1-4H3,(H,14,15)(H,17,18). The second-order valence-corrected chi connectivity index (χ2v) is 4.82. The second-order valence-electron chi connectivity index (χ2n) is 4.82. The van der Waals surface area contributed by atoms with Crippen LogP contribution in [-0.4, -0.2) is 52.6 Å². The lowest BCUT2D eigenvalue weighted by molar-refractivity contribution is 0.0691. The van der Waals surface area contributed by atoms with E-state index in [0.29, 0.717) is 11.7 Å². The third-order valence-corrected chi connectivity index (χ3v) is 2.59. The third-order valence-electron chi connectivity index (χ3n) is 2.59. The lowest BCUT2D eigenvalue weighted by atomic mass is 10.0. The molecule has 0 aliphatic carbocycles. The van der Waals surface area contributed by atoms with Gasteiger partial charge >= 0.3 is 5.97 Å². The molecular weight excluding hydrogens is 232 g/mol. The zero-order valence-electron chi connectivity index (χ0n) is 11.2. The Kier molecular flexibility index (Phi) is 5.03. The van der Waals surface area contributed by atoms with Crippen molar-refractivity contribution in [1.82, 2.24) is 14.9 Å². The van der Waals surface area contributed by atoms with E-state index in [4.69, 9.17) is 5.11 Å². The second kappa shape index (κ2) is 6.30. The number of carbonyl (C=O) groups is 1. The first-order valence-electron chi connectivity index (χ1n) is 5.87. The van der Waals surface area contributed by atoms with E-state index < -0.39 is 5.97 Å². The lowest BCUT2D eigenvalue weighted by Crippen LogP contribution is -2.37. The van der Waals surface area contributed by atoms with E-state index in [1.54, 1.807) is 0 Å². The number of anilines is 1. The predicted molar refractivity (Wildman–Crippen MR) is 69.8 cm³/mol. The molecule has 6 heteroatoms. The minimum atomic E-state index is -1.07. The fraction of sp³-hybridized carbons (Fsp3) is 0.583. The molecule has 0 saturated heterocycles. The first-order valence-corrected chi connectivity index (χ1v) is 5.87. The van der Waals surface area contributed by atoms with Crippen LogP contribution in [0, 0.1) is 5.92 Å². The van der Waals surface area contributed by atoms with Gasteiger partial charge in [0, 0.05) is 25.0 Å². The zero-order chi connectivity index (χ0) is 13.7. The van der Waals surface area contributed by atoms with Gasteiger partial charge in [0.25, 0.3) is 0 Å². The smallest absolute Gasteiger partial charge is 0.358 e. The quantitative estimate of drug-likeness (QED) is 0.791. The molecule has 0 aromatic carbocycles. The number of carboxylic acids is 1. The molecule has 2 N–H and O–H groups in total. The Morgan fingerprint density at radius 2 is 2.00 bits per heavy atom. The van der Waals surface area contributed by atoms with Crippen molar-refractivity contribution in [3.63, 3.8) is 0 Å². The molecule has 0 bridgehead atoms. The van der Waals surface area contributed by atoms with E-state index in [-0.39, 0.29) is 11.7 Å². The molecule has 0 radical (unpaired) electrons. The lowest BCUT2D eigenvalue weighted by Gasteiger charge is -2.26. The topological polar surface area (TPSA) is 78.3 Å². The molecule has 0 fully saturated rings. The third kappa shape index (κ3) is 3.96. The summed E-state index contributed by atoms with van der Waals surface area (Å²) in [6.07, 6.45) is 2.87. The van der Waals surface area contributed by atoms with Crippen molar-refractivity contribution in [1.29, 1.82) is 0 Å². The van der Waals surface area contributed by atoms with E-state index in [1.165, 1.54) is 12.4 Å². The number of aromatic nitrogens is 2. The average molecular weight is 252 g/mol. The van der Waals surface area contributed by atoms with Gasteiger partial charge in [0.1, 0.15) is 0 Å². The summed E-state index contributed by atoms with van der Waals surface area (Å²) in [7, 11) is 3.96. The van der Waals surface area contributed by atoms with Crippen LogP contribution in [-0.2, 0) is 0 Å². The van der Waals surface area contributed by atoms with Gasteiger partial charge in [-0.05, 0) is 20.0 Å². The largest absolute Gasteiger partial charge is 0.476 e. The van der Waals surface area contributed by atoms with Crippen LogP contribution in [0.2, 0.25) is 0 Å². The SMILES string of the molecule is CC(C)C(CN(C)C)Nc1nccnc1C(=O)O. The number of nitrogens with one attached hydrogen (secondary N) is 1. The highest BCUT2D eigenvalue weighted by Crippen LogP contribution is 2.14. The fourth-order valence-electron chi connectivity index (χ4n) is 1.59. The van der Waals surface area contributed by atoms with Gasteiger partial charge in [-0.15, -0.1) is 0 Å². The maximum absolute atomic E-state index is 11.0. The van der Waals surface area contributed by atoms with Crippen molar-refractivity contribution in [2.75, 3.05) is 26.0 Å². The number of nitrogens with zero attached hydrogens (tertiary/aromatic N) is 3. The molecule has 0 aliphatic heterocycles. The van der Waals surface area contributed by atoms with Gasteiger partial charge in [-0.25, -0.2) is 14.8 Å². The highest BCUT2D eigenvalue weighted by Gasteiger charge is 2.19. The van der Waals surface area contributed by atoms with Crippen LogP contribution in [0.3, 0.4) is 0 Å². The summed E-state index contributed by atoms with van der Waals surface area (Å²) in [5.74, 6) is -0.389. The number of likely N-dealkylation sites (N-methyl/N-ethyl adjacent to an activating group) is 1. The fourth-order valence-corrected chi connectivity index (χ4v) is 1.59. The summed E-state index contributed by atoms with van der Waals surface area (Å²) < 4.78 is 0. The van der Waals surface area contributed by atoms with Crippen LogP contribution >= 0.6 is 0 Å². The molecule has 0 spiro atoms. The summed E-state index contributed by atoms with van der Waals surface area (Å²) in [4.78, 5) is 21.0. The first-order chi connectivity index (χ1) is 8.41. The van der Waals surface area contributed by atoms with Crippen molar-refractivity contribution >= 4 is 11.8 Å². The molecule has 1 atom stereocenters. The highest BCUT2D eigenvalue weighted by molar-refractivity contribution is 5.90. The molecule has 0 amide bonds. The Morgan fingerprint density at radius 1 is 1.39 bits per heavy atom. The van der Waals surface area contributed by atoms with E-state index >= 15 is 0 Å². The summed E-state index contributed by atoms with van der Waals surface area (Å²) in [5, 5.41) is 12.2. The Hall–Kier alpha value is -1.69. The van der Waals surface area contributed by atoms with Gasteiger partial charge in [0.05, 0.1) is 0 Å². The monoisotopic (exact) mass is 252 g/mol. The zero-order valence-corrected chi connectivity index (χ0v) is 11.2. The van der Waals surface area contributed by atoms with E-state index in [9.17, 15) is 4.79 Å². The molecule has 18 heavy (non-hydrogen) atoms. The summed E-state index contributed by atoms with van der Waals surface area (Å²) in [6.45, 7) is 4.96. The molecule has 6 nitrogen and oxygen atoms in total. The average Bonchev–Trinajstić information content (AvgIpc) is 2.27. The molecule has 1 unspecified atom stereocenters. The van der Waals surface area contributed by atoms with Crippen LogP contribution in [0.25, 0.3) is 0 Å². The highest BCUT2D eigenvalue weighted by atomic mass is 16.4. The molecule has 1 aromatic rings. The Labute approximate surface area is 107 Å². The Bertz CT molecular complexity index is 407. The maximum atomic E-state index is 11.0. The van der Waals surface area contributed by atoms with Crippen LogP contribution in [0.5, 0.6) is 0 Å². The normalized spacial score (nSPS) is 12.8. The number of carboxylic acid groups (broad SMARTS) is 1. The van der Waals surface area contributed by atoms with Gasteiger partial charge in [-0.2, -0.15) is 0 Å². The summed E-state index contributed by atoms with van der Waals surface area (Å²) in [5.41, 5.74) is -0.0399. The van der Waals surface area contributed by atoms with E-state index in [2.05, 4.69) is 34.0 Å². The Balaban J connectivity index is 2.90. The van der Waals surface area contributed by atoms with Gasteiger partial charge in [0.15, 0.2) is 11.5 Å². The minimum Gasteiger partial charge on any atom is -0.476 e. The molecule has 100 valence electrons. The molecule has 1 heterocycles. The number of hydrogen-bond acceptors (Lipinski definition) is 5. The summed E-state index contributed by atoms with van der Waals surface area (Å²) in [6, 6.07) is 0.120. The van der Waals surface area contributed by atoms with Gasteiger partial charge in [0.2, 0.25) is 0 Å². The van der Waals surface area contributed by atoms with Gasteiger partial charge in [-0.1, -0.05) is 13.8 Å². The maximum Gasteiger partial charge on any atom is 0.358 e. The first kappa shape index (κ1) is 14.4. The van der Waals surface area contributed by atoms with Crippen LogP contribution in [0.1, 0.15) is 24.3 Å².